The number of thiophene rings is 1. The minimum atomic E-state index is -2.88. The topological polar surface area (TPSA) is 54.9 Å². The Labute approximate surface area is 149 Å². The molecule has 0 amide bonds. The molecule has 2 rings (SSSR count). The normalized spacial score (nSPS) is 11.5. The first-order valence-electron chi connectivity index (χ1n) is 7.71. The zero-order chi connectivity index (χ0) is 18.1. The van der Waals surface area contributed by atoms with Gasteiger partial charge in [-0.1, -0.05) is 6.07 Å². The Morgan fingerprint density at radius 3 is 2.76 bits per heavy atom. The van der Waals surface area contributed by atoms with Crippen molar-refractivity contribution in [1.29, 1.82) is 0 Å². The van der Waals surface area contributed by atoms with Crippen LogP contribution in [0.5, 0.6) is 11.5 Å². The molecule has 5 nitrogen and oxygen atoms in total. The van der Waals surface area contributed by atoms with Gasteiger partial charge in [0.15, 0.2) is 5.96 Å². The predicted molar refractivity (Wildman–Crippen MR) is 95.9 cm³/mol. The number of hydrogen-bond acceptors (Lipinski definition) is 4. The Hall–Kier alpha value is -2.35. The molecule has 0 bridgehead atoms. The largest absolute Gasteiger partial charge is 0.497 e. The van der Waals surface area contributed by atoms with Crippen LogP contribution in [0.25, 0.3) is 0 Å². The molecule has 0 fully saturated rings. The highest BCUT2D eigenvalue weighted by molar-refractivity contribution is 7.09. The number of ether oxygens (including phenoxy) is 2. The summed E-state index contributed by atoms with van der Waals surface area (Å²) < 4.78 is 34.8. The van der Waals surface area contributed by atoms with Crippen LogP contribution in [0.15, 0.2) is 40.7 Å². The molecule has 1 aromatic carbocycles. The van der Waals surface area contributed by atoms with E-state index in [9.17, 15) is 8.78 Å². The van der Waals surface area contributed by atoms with Crippen molar-refractivity contribution in [2.45, 2.75) is 19.6 Å². The maximum absolute atomic E-state index is 12.5. The Bertz CT molecular complexity index is 679. The standard InChI is InChI=1S/C17H21F2N3O2S/c1-20-17(21-8-7-14-4-3-9-25-14)22-11-12-10-13(23-2)5-6-15(12)24-16(18)19/h3-6,9-10,16H,7-8,11H2,1-2H3,(H2,20,21,22). The Kier molecular flexibility index (Phi) is 7.46. The van der Waals surface area contributed by atoms with Crippen molar-refractivity contribution in [3.8, 4) is 11.5 Å². The summed E-state index contributed by atoms with van der Waals surface area (Å²) in [6, 6.07) is 8.79. The van der Waals surface area contributed by atoms with Gasteiger partial charge in [0.2, 0.25) is 0 Å². The number of aliphatic imine (C=N–C) groups is 1. The maximum Gasteiger partial charge on any atom is 0.387 e. The van der Waals surface area contributed by atoms with Crippen LogP contribution in [0.3, 0.4) is 0 Å². The fraction of sp³-hybridized carbons (Fsp3) is 0.353. The first-order chi connectivity index (χ1) is 12.1. The van der Waals surface area contributed by atoms with Crippen molar-refractivity contribution >= 4 is 17.3 Å². The molecule has 0 unspecified atom stereocenters. The zero-order valence-corrected chi connectivity index (χ0v) is 14.9. The molecule has 0 saturated heterocycles. The number of hydrogen-bond donors (Lipinski definition) is 2. The van der Waals surface area contributed by atoms with Crippen LogP contribution in [0.4, 0.5) is 8.78 Å². The fourth-order valence-corrected chi connectivity index (χ4v) is 2.90. The molecule has 0 aliphatic rings. The monoisotopic (exact) mass is 369 g/mol. The number of guanidine groups is 1. The summed E-state index contributed by atoms with van der Waals surface area (Å²) in [6.07, 6.45) is 0.886. The average molecular weight is 369 g/mol. The van der Waals surface area contributed by atoms with Gasteiger partial charge in [-0.05, 0) is 36.1 Å². The molecule has 136 valence electrons. The van der Waals surface area contributed by atoms with Crippen molar-refractivity contribution in [3.05, 3.63) is 46.2 Å². The summed E-state index contributed by atoms with van der Waals surface area (Å²) in [7, 11) is 3.17. The molecule has 0 atom stereocenters. The minimum absolute atomic E-state index is 0.109. The van der Waals surface area contributed by atoms with Gasteiger partial charge in [-0.2, -0.15) is 8.78 Å². The van der Waals surface area contributed by atoms with E-state index in [4.69, 9.17) is 4.74 Å². The van der Waals surface area contributed by atoms with Crippen molar-refractivity contribution in [3.63, 3.8) is 0 Å². The summed E-state index contributed by atoms with van der Waals surface area (Å²) in [6.45, 7) is -1.88. The third-order valence-electron chi connectivity index (χ3n) is 3.40. The van der Waals surface area contributed by atoms with E-state index in [1.165, 1.54) is 18.1 Å². The van der Waals surface area contributed by atoms with Gasteiger partial charge in [0.05, 0.1) is 7.11 Å². The Morgan fingerprint density at radius 1 is 1.28 bits per heavy atom. The molecule has 2 N–H and O–H groups in total. The van der Waals surface area contributed by atoms with E-state index in [0.29, 0.717) is 17.3 Å². The van der Waals surface area contributed by atoms with E-state index < -0.39 is 6.61 Å². The summed E-state index contributed by atoms with van der Waals surface area (Å²) in [5, 5.41) is 8.32. The van der Waals surface area contributed by atoms with Gasteiger partial charge in [0.25, 0.3) is 0 Å². The van der Waals surface area contributed by atoms with Gasteiger partial charge in [-0.25, -0.2) is 0 Å². The van der Waals surface area contributed by atoms with Crippen molar-refractivity contribution in [2.24, 2.45) is 4.99 Å². The van der Waals surface area contributed by atoms with Gasteiger partial charge in [0, 0.05) is 30.6 Å². The second kappa shape index (κ2) is 9.83. The highest BCUT2D eigenvalue weighted by atomic mass is 32.1. The van der Waals surface area contributed by atoms with E-state index in [-0.39, 0.29) is 12.3 Å². The van der Waals surface area contributed by atoms with Gasteiger partial charge in [-0.3, -0.25) is 4.99 Å². The second-order valence-corrected chi connectivity index (χ2v) is 6.07. The molecular weight excluding hydrogens is 348 g/mol. The summed E-state index contributed by atoms with van der Waals surface area (Å²) in [5.41, 5.74) is 0.556. The number of halogens is 2. The third kappa shape index (κ3) is 6.22. The number of alkyl halides is 2. The highest BCUT2D eigenvalue weighted by Gasteiger charge is 2.11. The third-order valence-corrected chi connectivity index (χ3v) is 4.33. The summed E-state index contributed by atoms with van der Waals surface area (Å²) in [5.74, 6) is 1.26. The lowest BCUT2D eigenvalue weighted by atomic mass is 10.2. The SMILES string of the molecule is CN=C(NCCc1cccs1)NCc1cc(OC)ccc1OC(F)F. The first kappa shape index (κ1) is 19.0. The fourth-order valence-electron chi connectivity index (χ4n) is 2.19. The van der Waals surface area contributed by atoms with Crippen molar-refractivity contribution in [2.75, 3.05) is 20.7 Å². The number of methoxy groups -OCH3 is 1. The molecular formula is C17H21F2N3O2S. The van der Waals surface area contributed by atoms with E-state index in [2.05, 4.69) is 26.4 Å². The number of rotatable bonds is 8. The van der Waals surface area contributed by atoms with Crippen LogP contribution in [0, 0.1) is 0 Å². The molecule has 0 aliphatic carbocycles. The summed E-state index contributed by atoms with van der Waals surface area (Å²) in [4.78, 5) is 5.41. The molecule has 0 spiro atoms. The van der Waals surface area contributed by atoms with Crippen LogP contribution >= 0.6 is 11.3 Å². The van der Waals surface area contributed by atoms with E-state index in [1.54, 1.807) is 30.5 Å². The minimum Gasteiger partial charge on any atom is -0.497 e. The quantitative estimate of drug-likeness (QED) is 0.554. The van der Waals surface area contributed by atoms with Gasteiger partial charge < -0.3 is 20.1 Å². The molecule has 1 aromatic heterocycles. The zero-order valence-electron chi connectivity index (χ0n) is 14.1. The summed E-state index contributed by atoms with van der Waals surface area (Å²) >= 11 is 1.70. The molecule has 0 saturated carbocycles. The smallest absolute Gasteiger partial charge is 0.387 e. The van der Waals surface area contributed by atoms with E-state index in [0.717, 1.165) is 13.0 Å². The van der Waals surface area contributed by atoms with Gasteiger partial charge >= 0.3 is 6.61 Å². The van der Waals surface area contributed by atoms with E-state index in [1.807, 2.05) is 11.4 Å². The molecule has 1 heterocycles. The molecule has 8 heteroatoms. The van der Waals surface area contributed by atoms with E-state index >= 15 is 0 Å². The molecule has 0 radical (unpaired) electrons. The highest BCUT2D eigenvalue weighted by Crippen LogP contribution is 2.25. The Balaban J connectivity index is 1.92. The maximum atomic E-state index is 12.5. The van der Waals surface area contributed by atoms with Gasteiger partial charge in [0.1, 0.15) is 11.5 Å². The molecule has 2 aromatic rings. The lowest BCUT2D eigenvalue weighted by Gasteiger charge is -2.15. The first-order valence-corrected chi connectivity index (χ1v) is 8.59. The number of nitrogens with zero attached hydrogens (tertiary/aromatic N) is 1. The molecule has 0 aliphatic heterocycles. The number of nitrogens with one attached hydrogen (secondary N) is 2. The van der Waals surface area contributed by atoms with Crippen LogP contribution < -0.4 is 20.1 Å². The van der Waals surface area contributed by atoms with Gasteiger partial charge in [-0.15, -0.1) is 11.3 Å². The Morgan fingerprint density at radius 2 is 2.12 bits per heavy atom. The predicted octanol–water partition coefficient (Wildman–Crippen LogP) is 3.27. The molecule has 25 heavy (non-hydrogen) atoms. The van der Waals surface area contributed by atoms with Crippen LogP contribution in [0.2, 0.25) is 0 Å². The lowest BCUT2D eigenvalue weighted by Crippen LogP contribution is -2.37. The number of benzene rings is 1. The van der Waals surface area contributed by atoms with Crippen LogP contribution in [0.1, 0.15) is 10.4 Å². The van der Waals surface area contributed by atoms with Crippen molar-refractivity contribution < 1.29 is 18.3 Å². The lowest BCUT2D eigenvalue weighted by molar-refractivity contribution is -0.0504. The second-order valence-electron chi connectivity index (χ2n) is 5.03. The van der Waals surface area contributed by atoms with Crippen LogP contribution in [-0.4, -0.2) is 33.3 Å². The van der Waals surface area contributed by atoms with Crippen molar-refractivity contribution in [1.82, 2.24) is 10.6 Å². The van der Waals surface area contributed by atoms with Crippen LogP contribution in [-0.2, 0) is 13.0 Å². The average Bonchev–Trinajstić information content (AvgIpc) is 3.12.